The van der Waals surface area contributed by atoms with Crippen molar-refractivity contribution in [2.45, 2.75) is 31.8 Å². The van der Waals surface area contributed by atoms with E-state index in [2.05, 4.69) is 22.2 Å². The molecule has 0 radical (unpaired) electrons. The SMILES string of the molecule is CNc1cc(COC)nc(C2(C)CC2)n1. The first kappa shape index (κ1) is 10.4. The highest BCUT2D eigenvalue weighted by molar-refractivity contribution is 5.37. The maximum atomic E-state index is 5.10. The van der Waals surface area contributed by atoms with Gasteiger partial charge in [-0.3, -0.25) is 0 Å². The molecule has 0 atom stereocenters. The van der Waals surface area contributed by atoms with Gasteiger partial charge in [-0.05, 0) is 12.8 Å². The average Bonchev–Trinajstić information content (AvgIpc) is 2.98. The quantitative estimate of drug-likeness (QED) is 0.816. The lowest BCUT2D eigenvalue weighted by Crippen LogP contribution is -2.11. The van der Waals surface area contributed by atoms with E-state index in [9.17, 15) is 0 Å². The van der Waals surface area contributed by atoms with Gasteiger partial charge in [0.1, 0.15) is 11.6 Å². The van der Waals surface area contributed by atoms with Crippen LogP contribution in [0.25, 0.3) is 0 Å². The number of nitrogens with zero attached hydrogens (tertiary/aromatic N) is 2. The van der Waals surface area contributed by atoms with Crippen LogP contribution >= 0.6 is 0 Å². The molecule has 1 aliphatic rings. The summed E-state index contributed by atoms with van der Waals surface area (Å²) in [6.45, 7) is 2.75. The summed E-state index contributed by atoms with van der Waals surface area (Å²) in [6, 6.07) is 1.93. The number of anilines is 1. The topological polar surface area (TPSA) is 47.0 Å². The van der Waals surface area contributed by atoms with Crippen molar-refractivity contribution in [3.63, 3.8) is 0 Å². The molecule has 1 aromatic heterocycles. The molecule has 4 nitrogen and oxygen atoms in total. The summed E-state index contributed by atoms with van der Waals surface area (Å²) in [5.74, 6) is 1.82. The minimum absolute atomic E-state index is 0.204. The van der Waals surface area contributed by atoms with E-state index in [1.165, 1.54) is 12.8 Å². The van der Waals surface area contributed by atoms with E-state index < -0.39 is 0 Å². The molecule has 0 aromatic carbocycles. The number of ether oxygens (including phenoxy) is 1. The Bertz CT molecular complexity index is 361. The largest absolute Gasteiger partial charge is 0.378 e. The number of rotatable bonds is 4. The first-order valence-corrected chi connectivity index (χ1v) is 5.23. The van der Waals surface area contributed by atoms with E-state index >= 15 is 0 Å². The molecule has 0 aliphatic heterocycles. The third-order valence-corrected chi connectivity index (χ3v) is 2.87. The Balaban J connectivity index is 2.33. The Morgan fingerprint density at radius 3 is 2.73 bits per heavy atom. The van der Waals surface area contributed by atoms with Gasteiger partial charge >= 0.3 is 0 Å². The van der Waals surface area contributed by atoms with Crippen molar-refractivity contribution in [3.05, 3.63) is 17.6 Å². The van der Waals surface area contributed by atoms with E-state index in [0.29, 0.717) is 6.61 Å². The van der Waals surface area contributed by atoms with E-state index in [0.717, 1.165) is 17.3 Å². The van der Waals surface area contributed by atoms with Crippen molar-refractivity contribution in [1.82, 2.24) is 9.97 Å². The summed E-state index contributed by atoms with van der Waals surface area (Å²) >= 11 is 0. The number of nitrogens with one attached hydrogen (secondary N) is 1. The van der Waals surface area contributed by atoms with Gasteiger partial charge in [0, 0.05) is 25.6 Å². The van der Waals surface area contributed by atoms with Gasteiger partial charge in [-0.2, -0.15) is 0 Å². The first-order valence-electron chi connectivity index (χ1n) is 5.23. The fourth-order valence-electron chi connectivity index (χ4n) is 1.53. The van der Waals surface area contributed by atoms with E-state index in [1.807, 2.05) is 13.1 Å². The second kappa shape index (κ2) is 3.77. The van der Waals surface area contributed by atoms with E-state index in [-0.39, 0.29) is 5.41 Å². The Hall–Kier alpha value is -1.16. The van der Waals surface area contributed by atoms with Gasteiger partial charge in [0.15, 0.2) is 0 Å². The fraction of sp³-hybridized carbons (Fsp3) is 0.636. The lowest BCUT2D eigenvalue weighted by atomic mass is 10.1. The Morgan fingerprint density at radius 1 is 1.47 bits per heavy atom. The van der Waals surface area contributed by atoms with E-state index in [4.69, 9.17) is 4.74 Å². The molecule has 1 aliphatic carbocycles. The van der Waals surface area contributed by atoms with Crippen LogP contribution in [0.5, 0.6) is 0 Å². The molecular weight excluding hydrogens is 190 g/mol. The molecule has 2 rings (SSSR count). The summed E-state index contributed by atoms with van der Waals surface area (Å²) in [5.41, 5.74) is 1.15. The van der Waals surface area contributed by atoms with Crippen LogP contribution in [0.1, 0.15) is 31.3 Å². The molecule has 0 saturated heterocycles. The second-order valence-corrected chi connectivity index (χ2v) is 4.31. The van der Waals surface area contributed by atoms with Crippen molar-refractivity contribution in [2.24, 2.45) is 0 Å². The van der Waals surface area contributed by atoms with Gasteiger partial charge in [-0.25, -0.2) is 9.97 Å². The second-order valence-electron chi connectivity index (χ2n) is 4.31. The molecule has 4 heteroatoms. The minimum Gasteiger partial charge on any atom is -0.378 e. The highest BCUT2D eigenvalue weighted by Gasteiger charge is 2.42. The van der Waals surface area contributed by atoms with Gasteiger partial charge < -0.3 is 10.1 Å². The lowest BCUT2D eigenvalue weighted by molar-refractivity contribution is 0.181. The van der Waals surface area contributed by atoms with Crippen molar-refractivity contribution >= 4 is 5.82 Å². The zero-order valence-corrected chi connectivity index (χ0v) is 9.50. The third-order valence-electron chi connectivity index (χ3n) is 2.87. The zero-order valence-electron chi connectivity index (χ0n) is 9.50. The summed E-state index contributed by atoms with van der Waals surface area (Å²) in [7, 11) is 3.55. The molecule has 1 heterocycles. The van der Waals surface area contributed by atoms with Crippen LogP contribution in [0.15, 0.2) is 6.07 Å². The predicted molar refractivity (Wildman–Crippen MR) is 58.9 cm³/mol. The number of aromatic nitrogens is 2. The summed E-state index contributed by atoms with van der Waals surface area (Å²) < 4.78 is 5.10. The molecule has 0 unspecified atom stereocenters. The molecule has 1 aromatic rings. The average molecular weight is 207 g/mol. The molecule has 15 heavy (non-hydrogen) atoms. The predicted octanol–water partition coefficient (Wildman–Crippen LogP) is 1.72. The molecule has 1 fully saturated rings. The Morgan fingerprint density at radius 2 is 2.20 bits per heavy atom. The van der Waals surface area contributed by atoms with Gasteiger partial charge in [-0.1, -0.05) is 6.92 Å². The smallest absolute Gasteiger partial charge is 0.136 e. The third kappa shape index (κ3) is 2.09. The lowest BCUT2D eigenvalue weighted by Gasteiger charge is -2.11. The van der Waals surface area contributed by atoms with Crippen LogP contribution in [0.2, 0.25) is 0 Å². The van der Waals surface area contributed by atoms with Crippen LogP contribution in [0.3, 0.4) is 0 Å². The standard InChI is InChI=1S/C11H17N3O/c1-11(4-5-11)10-13-8(7-15-3)6-9(12-2)14-10/h6H,4-5,7H2,1-3H3,(H,12,13,14). The molecule has 1 saturated carbocycles. The monoisotopic (exact) mass is 207 g/mol. The maximum Gasteiger partial charge on any atom is 0.136 e. The van der Waals surface area contributed by atoms with Gasteiger partial charge in [-0.15, -0.1) is 0 Å². The van der Waals surface area contributed by atoms with Crippen LogP contribution in [-0.4, -0.2) is 24.1 Å². The summed E-state index contributed by atoms with van der Waals surface area (Å²) in [5, 5.41) is 3.06. The summed E-state index contributed by atoms with van der Waals surface area (Å²) in [4.78, 5) is 9.02. The van der Waals surface area contributed by atoms with Crippen molar-refractivity contribution in [3.8, 4) is 0 Å². The zero-order chi connectivity index (χ0) is 10.9. The number of hydrogen-bond donors (Lipinski definition) is 1. The Kier molecular flexibility index (Phi) is 2.61. The van der Waals surface area contributed by atoms with Crippen LogP contribution in [0, 0.1) is 0 Å². The molecule has 82 valence electrons. The van der Waals surface area contributed by atoms with Crippen LogP contribution in [0.4, 0.5) is 5.82 Å². The van der Waals surface area contributed by atoms with Gasteiger partial charge in [0.25, 0.3) is 0 Å². The van der Waals surface area contributed by atoms with Gasteiger partial charge in [0.2, 0.25) is 0 Å². The van der Waals surface area contributed by atoms with Crippen molar-refractivity contribution < 1.29 is 4.74 Å². The molecular formula is C11H17N3O. The van der Waals surface area contributed by atoms with Gasteiger partial charge in [0.05, 0.1) is 12.3 Å². The number of hydrogen-bond acceptors (Lipinski definition) is 4. The molecule has 0 bridgehead atoms. The van der Waals surface area contributed by atoms with Crippen molar-refractivity contribution in [2.75, 3.05) is 19.5 Å². The fourth-order valence-corrected chi connectivity index (χ4v) is 1.53. The van der Waals surface area contributed by atoms with Crippen LogP contribution < -0.4 is 5.32 Å². The first-order chi connectivity index (χ1) is 7.18. The van der Waals surface area contributed by atoms with Crippen molar-refractivity contribution in [1.29, 1.82) is 0 Å². The Labute approximate surface area is 90.1 Å². The number of methoxy groups -OCH3 is 1. The molecule has 0 spiro atoms. The highest BCUT2D eigenvalue weighted by atomic mass is 16.5. The summed E-state index contributed by atoms with van der Waals surface area (Å²) in [6.07, 6.45) is 2.37. The minimum atomic E-state index is 0.204. The van der Waals surface area contributed by atoms with E-state index in [1.54, 1.807) is 7.11 Å². The molecule has 0 amide bonds. The highest BCUT2D eigenvalue weighted by Crippen LogP contribution is 2.46. The maximum absolute atomic E-state index is 5.10. The van der Waals surface area contributed by atoms with Crippen LogP contribution in [-0.2, 0) is 16.8 Å². The molecule has 1 N–H and O–H groups in total. The normalized spacial score (nSPS) is 17.5.